The van der Waals surface area contributed by atoms with Crippen molar-refractivity contribution >= 4 is 11.8 Å². The molecule has 0 spiro atoms. The number of unbranched alkanes of at least 4 members (excludes halogenated alkanes) is 1. The van der Waals surface area contributed by atoms with Gasteiger partial charge in [-0.05, 0) is 49.4 Å². The van der Waals surface area contributed by atoms with Crippen LogP contribution >= 0.6 is 0 Å². The summed E-state index contributed by atoms with van der Waals surface area (Å²) in [6, 6.07) is 7.99. The van der Waals surface area contributed by atoms with Gasteiger partial charge in [0.25, 0.3) is 0 Å². The van der Waals surface area contributed by atoms with Crippen LogP contribution in [0.15, 0.2) is 29.3 Å². The number of benzene rings is 1. The molecule has 0 bridgehead atoms. The molecule has 2 aromatic rings. The molecule has 1 heterocycles. The number of hydrogen-bond donors (Lipinski definition) is 3. The predicted octanol–water partition coefficient (Wildman–Crippen LogP) is 3.39. The molecule has 0 aliphatic carbocycles. The van der Waals surface area contributed by atoms with E-state index in [1.54, 1.807) is 19.2 Å². The molecule has 8 heteroatoms. The molecule has 7 nitrogen and oxygen atoms in total. The molecule has 0 atom stereocenters. The second kappa shape index (κ2) is 11.8. The average molecular weight is 414 g/mol. The summed E-state index contributed by atoms with van der Waals surface area (Å²) in [6.45, 7) is 6.06. The zero-order valence-electron chi connectivity index (χ0n) is 18.1. The number of guanidine groups is 1. The highest BCUT2D eigenvalue weighted by Crippen LogP contribution is 2.21. The van der Waals surface area contributed by atoms with Gasteiger partial charge in [-0.2, -0.15) is 10.4 Å². The van der Waals surface area contributed by atoms with E-state index in [4.69, 9.17) is 5.73 Å². The molecule has 0 saturated heterocycles. The number of hydrogen-bond acceptors (Lipinski definition) is 4. The lowest BCUT2D eigenvalue weighted by atomic mass is 10.1. The summed E-state index contributed by atoms with van der Waals surface area (Å²) in [4.78, 5) is 4.24. The van der Waals surface area contributed by atoms with Crippen molar-refractivity contribution in [2.45, 2.75) is 46.0 Å². The molecule has 0 aliphatic heterocycles. The lowest BCUT2D eigenvalue weighted by Crippen LogP contribution is -2.38. The third kappa shape index (κ3) is 6.76. The van der Waals surface area contributed by atoms with Crippen molar-refractivity contribution in [3.05, 3.63) is 41.3 Å². The van der Waals surface area contributed by atoms with Gasteiger partial charge in [0.15, 0.2) is 5.96 Å². The van der Waals surface area contributed by atoms with Gasteiger partial charge >= 0.3 is 0 Å². The van der Waals surface area contributed by atoms with E-state index in [1.807, 2.05) is 0 Å². The fourth-order valence-corrected chi connectivity index (χ4v) is 3.12. The summed E-state index contributed by atoms with van der Waals surface area (Å²) >= 11 is 0. The van der Waals surface area contributed by atoms with Gasteiger partial charge in [-0.15, -0.1) is 0 Å². The minimum atomic E-state index is -0.335. The van der Waals surface area contributed by atoms with Gasteiger partial charge in [0.2, 0.25) is 0 Å². The molecule has 1 aromatic heterocycles. The van der Waals surface area contributed by atoms with Crippen molar-refractivity contribution in [2.75, 3.05) is 25.9 Å². The van der Waals surface area contributed by atoms with Crippen molar-refractivity contribution in [1.29, 1.82) is 5.26 Å². The molecular formula is C22H32FN7. The van der Waals surface area contributed by atoms with E-state index >= 15 is 0 Å². The molecule has 0 fully saturated rings. The zero-order chi connectivity index (χ0) is 21.9. The van der Waals surface area contributed by atoms with Gasteiger partial charge < -0.3 is 16.4 Å². The molecule has 30 heavy (non-hydrogen) atoms. The summed E-state index contributed by atoms with van der Waals surface area (Å²) in [5.74, 6) is 1.45. The monoisotopic (exact) mass is 413 g/mol. The number of aromatic nitrogens is 2. The molecule has 162 valence electrons. The Hall–Kier alpha value is -3.08. The largest absolute Gasteiger partial charge is 0.382 e. The number of halogens is 1. The summed E-state index contributed by atoms with van der Waals surface area (Å²) in [5, 5.41) is 20.6. The summed E-state index contributed by atoms with van der Waals surface area (Å²) in [5.41, 5.74) is 7.72. The third-order valence-corrected chi connectivity index (χ3v) is 4.78. The maximum absolute atomic E-state index is 13.2. The highest BCUT2D eigenvalue weighted by molar-refractivity contribution is 5.79. The first kappa shape index (κ1) is 23.2. The first-order chi connectivity index (χ1) is 14.5. The minimum absolute atomic E-state index is 0.269. The highest BCUT2D eigenvalue weighted by Gasteiger charge is 2.16. The molecule has 4 N–H and O–H groups in total. The van der Waals surface area contributed by atoms with Gasteiger partial charge in [-0.1, -0.05) is 26.7 Å². The number of aryl methyl sites for hydroxylation is 1. The number of anilines is 1. The fourth-order valence-electron chi connectivity index (χ4n) is 3.12. The lowest BCUT2D eigenvalue weighted by Gasteiger charge is -2.12. The van der Waals surface area contributed by atoms with Gasteiger partial charge in [0.05, 0.1) is 11.4 Å². The molecule has 0 amide bonds. The number of aliphatic imine (C=N–C) groups is 1. The Morgan fingerprint density at radius 1 is 1.20 bits per heavy atom. The highest BCUT2D eigenvalue weighted by atomic mass is 19.1. The normalized spacial score (nSPS) is 11.5. The van der Waals surface area contributed by atoms with Gasteiger partial charge in [0.1, 0.15) is 23.3 Å². The van der Waals surface area contributed by atoms with Gasteiger partial charge in [-0.3, -0.25) is 4.99 Å². The second-order valence-corrected chi connectivity index (χ2v) is 7.63. The molecule has 0 unspecified atom stereocenters. The Kier molecular flexibility index (Phi) is 9.13. The molecule has 0 saturated carbocycles. The second-order valence-electron chi connectivity index (χ2n) is 7.63. The molecule has 0 radical (unpaired) electrons. The SMILES string of the molecule is CN=C(NCCCCC(C)C)NCCCc1nn(-c2ccc(F)cc2)c(N)c1C#N. The van der Waals surface area contributed by atoms with E-state index in [2.05, 4.69) is 40.6 Å². The number of nitrogens with one attached hydrogen (secondary N) is 2. The lowest BCUT2D eigenvalue weighted by molar-refractivity contribution is 0.534. The van der Waals surface area contributed by atoms with Crippen LogP contribution in [0.3, 0.4) is 0 Å². The Labute approximate surface area is 178 Å². The van der Waals surface area contributed by atoms with Crippen molar-refractivity contribution < 1.29 is 4.39 Å². The summed E-state index contributed by atoms with van der Waals surface area (Å²) < 4.78 is 14.7. The van der Waals surface area contributed by atoms with Crippen molar-refractivity contribution in [3.8, 4) is 11.8 Å². The van der Waals surface area contributed by atoms with Crippen LogP contribution in [0, 0.1) is 23.1 Å². The standard InChI is InChI=1S/C22H32FN7/c1-16(2)7-4-5-13-27-22(26-3)28-14-6-8-20-19(15-24)21(25)30(29-20)18-11-9-17(23)10-12-18/h9-12,16H,4-8,13-14,25H2,1-3H3,(H2,26,27,28). The number of nitrogens with two attached hydrogens (primary N) is 1. The zero-order valence-corrected chi connectivity index (χ0v) is 18.1. The summed E-state index contributed by atoms with van der Waals surface area (Å²) in [7, 11) is 1.75. The number of nitriles is 1. The first-order valence-electron chi connectivity index (χ1n) is 10.4. The van der Waals surface area contributed by atoms with Crippen LogP contribution in [0.1, 0.15) is 50.8 Å². The van der Waals surface area contributed by atoms with Crippen LogP contribution in [-0.4, -0.2) is 35.9 Å². The van der Waals surface area contributed by atoms with Gasteiger partial charge in [-0.25, -0.2) is 9.07 Å². The first-order valence-corrected chi connectivity index (χ1v) is 10.4. The number of nitrogens with zero attached hydrogens (tertiary/aromatic N) is 4. The van der Waals surface area contributed by atoms with Crippen LogP contribution in [-0.2, 0) is 6.42 Å². The Balaban J connectivity index is 1.85. The Bertz CT molecular complexity index is 863. The van der Waals surface area contributed by atoms with Gasteiger partial charge in [0, 0.05) is 20.1 Å². The quantitative estimate of drug-likeness (QED) is 0.315. The number of rotatable bonds is 10. The van der Waals surface area contributed by atoms with Crippen LogP contribution in [0.5, 0.6) is 0 Å². The van der Waals surface area contributed by atoms with E-state index in [9.17, 15) is 9.65 Å². The fraction of sp³-hybridized carbons (Fsp3) is 0.500. The smallest absolute Gasteiger partial charge is 0.190 e. The molecule has 1 aromatic carbocycles. The van der Waals surface area contributed by atoms with E-state index in [0.29, 0.717) is 29.9 Å². The predicted molar refractivity (Wildman–Crippen MR) is 119 cm³/mol. The Morgan fingerprint density at radius 2 is 1.87 bits per heavy atom. The van der Waals surface area contributed by atoms with Crippen LogP contribution in [0.2, 0.25) is 0 Å². The Morgan fingerprint density at radius 3 is 2.47 bits per heavy atom. The maximum Gasteiger partial charge on any atom is 0.190 e. The van der Waals surface area contributed by atoms with E-state index in [0.717, 1.165) is 31.3 Å². The summed E-state index contributed by atoms with van der Waals surface area (Å²) in [6.07, 6.45) is 4.92. The third-order valence-electron chi connectivity index (χ3n) is 4.78. The molecule has 2 rings (SSSR count). The van der Waals surface area contributed by atoms with Crippen LogP contribution < -0.4 is 16.4 Å². The topological polar surface area (TPSA) is 104 Å². The minimum Gasteiger partial charge on any atom is -0.382 e. The van der Waals surface area contributed by atoms with Crippen LogP contribution in [0.25, 0.3) is 5.69 Å². The van der Waals surface area contributed by atoms with Crippen molar-refractivity contribution in [3.63, 3.8) is 0 Å². The van der Waals surface area contributed by atoms with Crippen LogP contribution in [0.4, 0.5) is 10.2 Å². The number of nitrogen functional groups attached to an aromatic ring is 1. The molecular weight excluding hydrogens is 381 g/mol. The maximum atomic E-state index is 13.2. The van der Waals surface area contributed by atoms with E-state index in [1.165, 1.54) is 29.7 Å². The van der Waals surface area contributed by atoms with E-state index in [-0.39, 0.29) is 11.6 Å². The molecule has 0 aliphatic rings. The van der Waals surface area contributed by atoms with E-state index < -0.39 is 0 Å². The van der Waals surface area contributed by atoms with Crippen molar-refractivity contribution in [2.24, 2.45) is 10.9 Å². The van der Waals surface area contributed by atoms with Crippen molar-refractivity contribution in [1.82, 2.24) is 20.4 Å². The average Bonchev–Trinajstić information content (AvgIpc) is 3.04.